The summed E-state index contributed by atoms with van der Waals surface area (Å²) in [6.45, 7) is 9.70. The lowest BCUT2D eigenvalue weighted by Gasteiger charge is -2.21. The Hall–Kier alpha value is -2.35. The number of nitrogens with zero attached hydrogens (tertiary/aromatic N) is 2. The third-order valence-electron chi connectivity index (χ3n) is 4.36. The molecule has 3 N–H and O–H groups in total. The van der Waals surface area contributed by atoms with Gasteiger partial charge in [-0.3, -0.25) is 0 Å². The molecule has 0 bridgehead atoms. The molecular formula is C20H27F3N4O. The van der Waals surface area contributed by atoms with Crippen LogP contribution in [0.15, 0.2) is 30.3 Å². The van der Waals surface area contributed by atoms with Crippen molar-refractivity contribution in [2.45, 2.75) is 52.3 Å². The van der Waals surface area contributed by atoms with E-state index < -0.39 is 17.9 Å². The molecule has 1 atom stereocenters. The number of nitrogens with one attached hydrogen (secondary N) is 2. The molecule has 1 aromatic carbocycles. The van der Waals surface area contributed by atoms with E-state index in [4.69, 9.17) is 0 Å². The van der Waals surface area contributed by atoms with Crippen molar-refractivity contribution in [2.24, 2.45) is 5.92 Å². The standard InChI is InChI=1S/C20H27F3N4O/c1-12(2)15(11-28)25-18-26-16(20(21,22)23)10-17(27-18)24-14-8-6-13(7-9-14)19(3,4)5/h6-10,12,15,28H,11H2,1-5H3,(H2,24,25,26,27)/t15-/m0/s1. The van der Waals surface area contributed by atoms with Crippen LogP contribution in [0.1, 0.15) is 45.9 Å². The molecule has 8 heteroatoms. The predicted octanol–water partition coefficient (Wildman–Crippen LogP) is 4.97. The second kappa shape index (κ2) is 8.34. The molecule has 0 unspecified atom stereocenters. The normalized spacial score (nSPS) is 13.5. The van der Waals surface area contributed by atoms with E-state index >= 15 is 0 Å². The van der Waals surface area contributed by atoms with E-state index in [9.17, 15) is 18.3 Å². The average Bonchev–Trinajstić information content (AvgIpc) is 2.58. The zero-order valence-electron chi connectivity index (χ0n) is 16.7. The Labute approximate surface area is 163 Å². The fourth-order valence-electron chi connectivity index (χ4n) is 2.51. The highest BCUT2D eigenvalue weighted by molar-refractivity contribution is 5.58. The molecule has 0 radical (unpaired) electrons. The minimum Gasteiger partial charge on any atom is -0.394 e. The number of alkyl halides is 3. The minimum atomic E-state index is -4.61. The zero-order valence-corrected chi connectivity index (χ0v) is 16.7. The van der Waals surface area contributed by atoms with Gasteiger partial charge in [-0.05, 0) is 29.0 Å². The van der Waals surface area contributed by atoms with Crippen molar-refractivity contribution in [2.75, 3.05) is 17.2 Å². The molecule has 0 aliphatic carbocycles. The van der Waals surface area contributed by atoms with Gasteiger partial charge in [0.2, 0.25) is 5.95 Å². The molecule has 0 aliphatic rings. The number of rotatable bonds is 6. The molecule has 0 saturated heterocycles. The number of hydrogen-bond donors (Lipinski definition) is 3. The Morgan fingerprint density at radius 2 is 1.64 bits per heavy atom. The van der Waals surface area contributed by atoms with Gasteiger partial charge in [0.05, 0.1) is 12.6 Å². The highest BCUT2D eigenvalue weighted by Crippen LogP contribution is 2.31. The van der Waals surface area contributed by atoms with E-state index in [-0.39, 0.29) is 29.7 Å². The van der Waals surface area contributed by atoms with Crippen molar-refractivity contribution in [3.63, 3.8) is 0 Å². The molecule has 154 valence electrons. The molecule has 0 amide bonds. The second-order valence-corrected chi connectivity index (χ2v) is 8.09. The fourth-order valence-corrected chi connectivity index (χ4v) is 2.51. The first-order valence-electron chi connectivity index (χ1n) is 9.11. The van der Waals surface area contributed by atoms with Crippen LogP contribution in [0.2, 0.25) is 0 Å². The van der Waals surface area contributed by atoms with Crippen molar-refractivity contribution >= 4 is 17.5 Å². The minimum absolute atomic E-state index is 0.00973. The largest absolute Gasteiger partial charge is 0.433 e. The predicted molar refractivity (Wildman–Crippen MR) is 105 cm³/mol. The van der Waals surface area contributed by atoms with Crippen LogP contribution in [-0.2, 0) is 11.6 Å². The van der Waals surface area contributed by atoms with Gasteiger partial charge in [0, 0.05) is 11.8 Å². The number of aliphatic hydroxyl groups is 1. The smallest absolute Gasteiger partial charge is 0.394 e. The van der Waals surface area contributed by atoms with Crippen LogP contribution in [0, 0.1) is 5.92 Å². The number of aromatic nitrogens is 2. The van der Waals surface area contributed by atoms with E-state index in [1.807, 2.05) is 26.0 Å². The van der Waals surface area contributed by atoms with Gasteiger partial charge in [-0.1, -0.05) is 46.8 Å². The Kier molecular flexibility index (Phi) is 6.54. The zero-order chi connectivity index (χ0) is 21.1. The molecule has 1 heterocycles. The number of hydrogen-bond acceptors (Lipinski definition) is 5. The lowest BCUT2D eigenvalue weighted by molar-refractivity contribution is -0.141. The SMILES string of the molecule is CC(C)[C@H](CO)Nc1nc(Nc2ccc(C(C)(C)C)cc2)cc(C(F)(F)F)n1. The third kappa shape index (κ3) is 5.82. The van der Waals surface area contributed by atoms with Crippen LogP contribution < -0.4 is 10.6 Å². The van der Waals surface area contributed by atoms with E-state index in [2.05, 4.69) is 41.4 Å². The van der Waals surface area contributed by atoms with Crippen LogP contribution in [0.25, 0.3) is 0 Å². The van der Waals surface area contributed by atoms with Crippen LogP contribution in [0.5, 0.6) is 0 Å². The average molecular weight is 396 g/mol. The molecule has 28 heavy (non-hydrogen) atoms. The maximum Gasteiger partial charge on any atom is 0.433 e. The summed E-state index contributed by atoms with van der Waals surface area (Å²) in [5, 5.41) is 15.1. The van der Waals surface area contributed by atoms with Crippen LogP contribution in [0.4, 0.5) is 30.6 Å². The molecule has 5 nitrogen and oxygen atoms in total. The first kappa shape index (κ1) is 21.9. The first-order chi connectivity index (χ1) is 12.9. The Bertz CT molecular complexity index is 784. The van der Waals surface area contributed by atoms with Gasteiger partial charge in [-0.15, -0.1) is 0 Å². The van der Waals surface area contributed by atoms with Crippen molar-refractivity contribution in [3.05, 3.63) is 41.6 Å². The molecule has 2 aromatic rings. The molecule has 0 fully saturated rings. The summed E-state index contributed by atoms with van der Waals surface area (Å²) in [6.07, 6.45) is -4.61. The van der Waals surface area contributed by atoms with Crippen molar-refractivity contribution in [3.8, 4) is 0 Å². The molecule has 1 aromatic heterocycles. The second-order valence-electron chi connectivity index (χ2n) is 8.09. The first-order valence-corrected chi connectivity index (χ1v) is 9.11. The fraction of sp³-hybridized carbons (Fsp3) is 0.500. The van der Waals surface area contributed by atoms with E-state index in [1.165, 1.54) is 0 Å². The molecule has 0 aliphatic heterocycles. The summed E-state index contributed by atoms with van der Waals surface area (Å²) >= 11 is 0. The number of benzene rings is 1. The lowest BCUT2D eigenvalue weighted by Crippen LogP contribution is -2.30. The highest BCUT2D eigenvalue weighted by Gasteiger charge is 2.34. The van der Waals surface area contributed by atoms with Gasteiger partial charge in [-0.25, -0.2) is 4.98 Å². The van der Waals surface area contributed by atoms with E-state index in [0.29, 0.717) is 5.69 Å². The Balaban J connectivity index is 2.33. The van der Waals surface area contributed by atoms with Gasteiger partial charge in [0.15, 0.2) is 5.69 Å². The van der Waals surface area contributed by atoms with Gasteiger partial charge < -0.3 is 15.7 Å². The third-order valence-corrected chi connectivity index (χ3v) is 4.36. The van der Waals surface area contributed by atoms with Crippen LogP contribution in [-0.4, -0.2) is 27.7 Å². The summed E-state index contributed by atoms with van der Waals surface area (Å²) < 4.78 is 39.8. The summed E-state index contributed by atoms with van der Waals surface area (Å²) in [5.74, 6) is -0.172. The van der Waals surface area contributed by atoms with Crippen molar-refractivity contribution in [1.82, 2.24) is 9.97 Å². The number of aliphatic hydroxyl groups excluding tert-OH is 1. The summed E-state index contributed by atoms with van der Waals surface area (Å²) in [6, 6.07) is 7.86. The molecular weight excluding hydrogens is 369 g/mol. The van der Waals surface area contributed by atoms with Gasteiger partial charge in [0.1, 0.15) is 5.82 Å². The molecule has 0 saturated carbocycles. The van der Waals surface area contributed by atoms with Crippen LogP contribution in [0.3, 0.4) is 0 Å². The summed E-state index contributed by atoms with van der Waals surface area (Å²) in [5.41, 5.74) is 0.652. The van der Waals surface area contributed by atoms with E-state index in [0.717, 1.165) is 11.6 Å². The quantitative estimate of drug-likeness (QED) is 0.643. The topological polar surface area (TPSA) is 70.1 Å². The summed E-state index contributed by atoms with van der Waals surface area (Å²) in [7, 11) is 0. The van der Waals surface area contributed by atoms with Gasteiger partial charge >= 0.3 is 6.18 Å². The number of halogens is 3. The van der Waals surface area contributed by atoms with E-state index in [1.54, 1.807) is 12.1 Å². The summed E-state index contributed by atoms with van der Waals surface area (Å²) in [4.78, 5) is 7.70. The maximum atomic E-state index is 13.3. The highest BCUT2D eigenvalue weighted by atomic mass is 19.4. The van der Waals surface area contributed by atoms with Crippen LogP contribution >= 0.6 is 0 Å². The monoisotopic (exact) mass is 396 g/mol. The molecule has 2 rings (SSSR count). The van der Waals surface area contributed by atoms with Crippen molar-refractivity contribution in [1.29, 1.82) is 0 Å². The van der Waals surface area contributed by atoms with Gasteiger partial charge in [-0.2, -0.15) is 18.2 Å². The molecule has 0 spiro atoms. The lowest BCUT2D eigenvalue weighted by atomic mass is 9.87. The maximum absolute atomic E-state index is 13.3. The number of anilines is 3. The van der Waals surface area contributed by atoms with Crippen molar-refractivity contribution < 1.29 is 18.3 Å². The van der Waals surface area contributed by atoms with Gasteiger partial charge in [0.25, 0.3) is 0 Å². The Morgan fingerprint density at radius 1 is 1.04 bits per heavy atom. The Morgan fingerprint density at radius 3 is 2.11 bits per heavy atom.